The third kappa shape index (κ3) is 2.14. The van der Waals surface area contributed by atoms with E-state index in [1.165, 1.54) is 43.8 Å². The maximum atomic E-state index is 2.40. The van der Waals surface area contributed by atoms with Gasteiger partial charge in [-0.1, -0.05) is 94.4 Å². The second-order valence-electron chi connectivity index (χ2n) is 7.04. The molecule has 0 atom stereocenters. The zero-order valence-electron chi connectivity index (χ0n) is 15.4. The zero-order valence-corrected chi connectivity index (χ0v) is 15.4. The van der Waals surface area contributed by atoms with Crippen molar-refractivity contribution in [2.45, 2.75) is 33.1 Å². The number of rotatable bonds is 0. The van der Waals surface area contributed by atoms with Gasteiger partial charge in [0.25, 0.3) is 0 Å². The van der Waals surface area contributed by atoms with Gasteiger partial charge >= 0.3 is 0 Å². The second kappa shape index (κ2) is 5.74. The molecule has 1 aliphatic carbocycles. The first-order valence-electron chi connectivity index (χ1n) is 9.23. The summed E-state index contributed by atoms with van der Waals surface area (Å²) >= 11 is 0. The summed E-state index contributed by atoms with van der Waals surface area (Å²) in [5.41, 5.74) is 5.65. The molecule has 4 aromatic carbocycles. The Bertz CT molecular complexity index is 1080. The molecule has 25 heavy (non-hydrogen) atoms. The largest absolute Gasteiger partial charge is 0.0683 e. The molecule has 0 saturated carbocycles. The summed E-state index contributed by atoms with van der Waals surface area (Å²) in [6.07, 6.45) is 0. The van der Waals surface area contributed by atoms with E-state index in [0.29, 0.717) is 0 Å². The van der Waals surface area contributed by atoms with Crippen LogP contribution in [-0.2, 0) is 5.41 Å². The molecule has 0 saturated heterocycles. The maximum absolute atomic E-state index is 2.40. The average Bonchev–Trinajstić information content (AvgIpc) is 2.67. The first-order chi connectivity index (χ1) is 12.2. The van der Waals surface area contributed by atoms with E-state index in [1.54, 1.807) is 0 Å². The molecule has 0 heterocycles. The van der Waals surface area contributed by atoms with Crippen LogP contribution in [0.25, 0.3) is 32.7 Å². The van der Waals surface area contributed by atoms with Crippen LogP contribution in [-0.4, -0.2) is 0 Å². The van der Waals surface area contributed by atoms with Gasteiger partial charge in [0.2, 0.25) is 0 Å². The van der Waals surface area contributed by atoms with Gasteiger partial charge in [-0.25, -0.2) is 0 Å². The van der Waals surface area contributed by atoms with Gasteiger partial charge in [0.05, 0.1) is 0 Å². The Labute approximate surface area is 150 Å². The number of hydrogen-bond donors (Lipinski definition) is 0. The van der Waals surface area contributed by atoms with Crippen molar-refractivity contribution < 1.29 is 0 Å². The lowest BCUT2D eigenvalue weighted by Gasteiger charge is -2.35. The van der Waals surface area contributed by atoms with Crippen molar-refractivity contribution in [1.29, 1.82) is 0 Å². The third-order valence-electron chi connectivity index (χ3n) is 5.45. The SMILES string of the molecule is CC.CC1(C)c2ccccc2-c2cccc3c2c1cc1ccccc13. The van der Waals surface area contributed by atoms with E-state index >= 15 is 0 Å². The molecule has 4 aromatic rings. The third-order valence-corrected chi connectivity index (χ3v) is 5.45. The van der Waals surface area contributed by atoms with Crippen LogP contribution in [0.15, 0.2) is 72.8 Å². The lowest BCUT2D eigenvalue weighted by Crippen LogP contribution is -2.23. The summed E-state index contributed by atoms with van der Waals surface area (Å²) in [5, 5.41) is 5.48. The summed E-state index contributed by atoms with van der Waals surface area (Å²) in [4.78, 5) is 0. The molecule has 0 bridgehead atoms. The molecule has 0 heteroatoms. The Morgan fingerprint density at radius 3 is 2.08 bits per heavy atom. The Morgan fingerprint density at radius 1 is 0.600 bits per heavy atom. The molecule has 0 aliphatic heterocycles. The van der Waals surface area contributed by atoms with Gasteiger partial charge in [0, 0.05) is 5.41 Å². The summed E-state index contributed by atoms with van der Waals surface area (Å²) in [5.74, 6) is 0. The lowest BCUT2D eigenvalue weighted by molar-refractivity contribution is 0.646. The highest BCUT2D eigenvalue weighted by atomic mass is 14.4. The highest BCUT2D eigenvalue weighted by molar-refractivity contribution is 6.15. The minimum absolute atomic E-state index is 0.0211. The van der Waals surface area contributed by atoms with E-state index in [2.05, 4.69) is 86.6 Å². The first kappa shape index (κ1) is 15.9. The summed E-state index contributed by atoms with van der Waals surface area (Å²) < 4.78 is 0. The molecule has 1 aliphatic rings. The highest BCUT2D eigenvalue weighted by Gasteiger charge is 2.33. The number of hydrogen-bond acceptors (Lipinski definition) is 0. The molecule has 5 rings (SSSR count). The van der Waals surface area contributed by atoms with Crippen LogP contribution < -0.4 is 0 Å². The molecule has 0 aromatic heterocycles. The van der Waals surface area contributed by atoms with Crippen molar-refractivity contribution in [3.05, 3.63) is 83.9 Å². The van der Waals surface area contributed by atoms with Gasteiger partial charge in [-0.2, -0.15) is 0 Å². The molecule has 124 valence electrons. The van der Waals surface area contributed by atoms with Gasteiger partial charge in [0.1, 0.15) is 0 Å². The van der Waals surface area contributed by atoms with Crippen molar-refractivity contribution in [2.24, 2.45) is 0 Å². The molecular formula is C25H24. The Hall–Kier alpha value is -2.60. The predicted octanol–water partition coefficient (Wildman–Crippen LogP) is 7.33. The highest BCUT2D eigenvalue weighted by Crippen LogP contribution is 2.49. The smallest absolute Gasteiger partial charge is 0.0159 e. The molecule has 0 amide bonds. The van der Waals surface area contributed by atoms with Crippen LogP contribution in [0.5, 0.6) is 0 Å². The quantitative estimate of drug-likeness (QED) is 0.297. The Kier molecular flexibility index (Phi) is 3.65. The lowest BCUT2D eigenvalue weighted by atomic mass is 9.68. The van der Waals surface area contributed by atoms with Crippen LogP contribution in [0.4, 0.5) is 0 Å². The van der Waals surface area contributed by atoms with Gasteiger partial charge in [-0.05, 0) is 49.9 Å². The van der Waals surface area contributed by atoms with Crippen LogP contribution in [0, 0.1) is 0 Å². The van der Waals surface area contributed by atoms with Crippen molar-refractivity contribution in [2.75, 3.05) is 0 Å². The fourth-order valence-electron chi connectivity index (χ4n) is 4.29. The Balaban J connectivity index is 0.000000758. The predicted molar refractivity (Wildman–Crippen MR) is 110 cm³/mol. The maximum Gasteiger partial charge on any atom is 0.0159 e. The van der Waals surface area contributed by atoms with E-state index in [9.17, 15) is 0 Å². The monoisotopic (exact) mass is 324 g/mol. The molecule has 0 fully saturated rings. The van der Waals surface area contributed by atoms with E-state index in [1.807, 2.05) is 13.8 Å². The minimum atomic E-state index is 0.0211. The fraction of sp³-hybridized carbons (Fsp3) is 0.200. The number of benzene rings is 4. The van der Waals surface area contributed by atoms with Crippen molar-refractivity contribution in [3.8, 4) is 11.1 Å². The molecule has 0 nitrogen and oxygen atoms in total. The van der Waals surface area contributed by atoms with Gasteiger partial charge in [-0.15, -0.1) is 0 Å². The normalized spacial score (nSPS) is 13.9. The van der Waals surface area contributed by atoms with E-state index in [4.69, 9.17) is 0 Å². The fourth-order valence-corrected chi connectivity index (χ4v) is 4.29. The summed E-state index contributed by atoms with van der Waals surface area (Å²) in [6, 6.07) is 26.8. The van der Waals surface area contributed by atoms with Gasteiger partial charge in [0.15, 0.2) is 0 Å². The molecular weight excluding hydrogens is 300 g/mol. The summed E-state index contributed by atoms with van der Waals surface area (Å²) in [7, 11) is 0. The molecule has 0 unspecified atom stereocenters. The first-order valence-corrected chi connectivity index (χ1v) is 9.23. The van der Waals surface area contributed by atoms with Crippen LogP contribution >= 0.6 is 0 Å². The van der Waals surface area contributed by atoms with E-state index in [0.717, 1.165) is 0 Å². The second-order valence-corrected chi connectivity index (χ2v) is 7.04. The van der Waals surface area contributed by atoms with Crippen LogP contribution in [0.2, 0.25) is 0 Å². The molecule has 0 N–H and O–H groups in total. The standard InChI is InChI=1S/C23H18.C2H6/c1-23(2)20-13-6-5-10-17(20)19-12-7-11-18-16-9-4-3-8-15(16)14-21(23)22(18)19;1-2/h3-14H,1-2H3;1-2H3. The topological polar surface area (TPSA) is 0 Å². The van der Waals surface area contributed by atoms with Gasteiger partial charge in [-0.3, -0.25) is 0 Å². The van der Waals surface area contributed by atoms with Crippen LogP contribution in [0.3, 0.4) is 0 Å². The number of fused-ring (bicyclic) bond motifs is 4. The van der Waals surface area contributed by atoms with Gasteiger partial charge < -0.3 is 0 Å². The molecule has 0 spiro atoms. The van der Waals surface area contributed by atoms with E-state index in [-0.39, 0.29) is 5.41 Å². The van der Waals surface area contributed by atoms with E-state index < -0.39 is 0 Å². The van der Waals surface area contributed by atoms with Crippen molar-refractivity contribution >= 4 is 21.5 Å². The average molecular weight is 324 g/mol. The summed E-state index contributed by atoms with van der Waals surface area (Å²) in [6.45, 7) is 8.70. The minimum Gasteiger partial charge on any atom is -0.0683 e. The molecule has 0 radical (unpaired) electrons. The van der Waals surface area contributed by atoms with Crippen molar-refractivity contribution in [3.63, 3.8) is 0 Å². The van der Waals surface area contributed by atoms with Crippen molar-refractivity contribution in [1.82, 2.24) is 0 Å². The Morgan fingerprint density at radius 2 is 1.24 bits per heavy atom. The zero-order chi connectivity index (χ0) is 17.6. The van der Waals surface area contributed by atoms with Crippen LogP contribution in [0.1, 0.15) is 38.8 Å².